The van der Waals surface area contributed by atoms with E-state index in [0.29, 0.717) is 24.2 Å². The molecule has 4 heterocycles. The van der Waals surface area contributed by atoms with Crippen LogP contribution in [0.2, 0.25) is 0 Å². The first-order valence-corrected chi connectivity index (χ1v) is 10.1. The second-order valence-electron chi connectivity index (χ2n) is 7.57. The molecule has 1 amide bonds. The number of rotatable bonds is 4. The summed E-state index contributed by atoms with van der Waals surface area (Å²) in [6.07, 6.45) is 7.75. The zero-order chi connectivity index (χ0) is 18.8. The summed E-state index contributed by atoms with van der Waals surface area (Å²) in [5, 5.41) is 4.23. The van der Waals surface area contributed by atoms with E-state index in [0.717, 1.165) is 52.0 Å². The Bertz CT molecular complexity index is 782. The molecule has 2 aliphatic rings. The van der Waals surface area contributed by atoms with Crippen molar-refractivity contribution < 1.29 is 9.53 Å². The van der Waals surface area contributed by atoms with Gasteiger partial charge in [-0.25, -0.2) is 4.98 Å². The molecule has 2 saturated heterocycles. The summed E-state index contributed by atoms with van der Waals surface area (Å²) in [7, 11) is 0. The largest absolute Gasteiger partial charge is 0.381 e. The highest BCUT2D eigenvalue weighted by Crippen LogP contribution is 2.32. The molecule has 0 radical (unpaired) electrons. The quantitative estimate of drug-likeness (QED) is 0.829. The maximum absolute atomic E-state index is 12.8. The summed E-state index contributed by atoms with van der Waals surface area (Å²) in [6.45, 7) is 8.09. The molecule has 0 N–H and O–H groups in total. The fraction of sp³-hybridized carbons (Fsp3) is 0.650. The van der Waals surface area contributed by atoms with E-state index in [4.69, 9.17) is 9.72 Å². The number of ether oxygens (including phenoxy) is 1. The minimum absolute atomic E-state index is 0.0970. The molecule has 2 aliphatic heterocycles. The van der Waals surface area contributed by atoms with E-state index in [-0.39, 0.29) is 5.91 Å². The number of nitrogens with zero attached hydrogens (tertiary/aromatic N) is 5. The van der Waals surface area contributed by atoms with Gasteiger partial charge in [0.15, 0.2) is 0 Å². The van der Waals surface area contributed by atoms with Crippen LogP contribution in [-0.2, 0) is 11.3 Å². The second kappa shape index (κ2) is 7.84. The van der Waals surface area contributed by atoms with Crippen molar-refractivity contribution in [1.29, 1.82) is 0 Å². The van der Waals surface area contributed by atoms with Gasteiger partial charge in [0.2, 0.25) is 0 Å². The summed E-state index contributed by atoms with van der Waals surface area (Å²) in [5.41, 5.74) is 1.92. The van der Waals surface area contributed by atoms with Crippen molar-refractivity contribution >= 4 is 5.91 Å². The zero-order valence-electron chi connectivity index (χ0n) is 16.3. The number of carbonyl (C=O) groups excluding carboxylic acids is 1. The Hall–Kier alpha value is -2.15. The fourth-order valence-electron chi connectivity index (χ4n) is 4.45. The molecule has 4 rings (SSSR count). The number of hydrogen-bond donors (Lipinski definition) is 0. The lowest BCUT2D eigenvalue weighted by Crippen LogP contribution is -2.40. The van der Waals surface area contributed by atoms with Crippen molar-refractivity contribution in [2.24, 2.45) is 0 Å². The van der Waals surface area contributed by atoms with Crippen molar-refractivity contribution in [3.05, 3.63) is 35.7 Å². The summed E-state index contributed by atoms with van der Waals surface area (Å²) in [5.74, 6) is 1.80. The van der Waals surface area contributed by atoms with Crippen LogP contribution in [0.1, 0.15) is 66.6 Å². The number of hydrogen-bond acceptors (Lipinski definition) is 4. The predicted octanol–water partition coefficient (Wildman–Crippen LogP) is 2.78. The normalized spacial score (nSPS) is 19.6. The van der Waals surface area contributed by atoms with Crippen molar-refractivity contribution in [3.63, 3.8) is 0 Å². The molecule has 0 spiro atoms. The Balaban J connectivity index is 1.45. The molecule has 0 unspecified atom stereocenters. The zero-order valence-corrected chi connectivity index (χ0v) is 16.3. The fourth-order valence-corrected chi connectivity index (χ4v) is 4.45. The Morgan fingerprint density at radius 2 is 1.96 bits per heavy atom. The average molecular weight is 371 g/mol. The highest BCUT2D eigenvalue weighted by atomic mass is 16.5. The third-order valence-electron chi connectivity index (χ3n) is 5.95. The molecule has 2 aromatic heterocycles. The summed E-state index contributed by atoms with van der Waals surface area (Å²) in [4.78, 5) is 19.6. The molecule has 7 heteroatoms. The van der Waals surface area contributed by atoms with Crippen LogP contribution >= 0.6 is 0 Å². The molecule has 0 saturated carbocycles. The van der Waals surface area contributed by atoms with E-state index in [1.54, 1.807) is 10.9 Å². The Kier molecular flexibility index (Phi) is 5.29. The van der Waals surface area contributed by atoms with Gasteiger partial charge in [-0.15, -0.1) is 0 Å². The number of carbonyl (C=O) groups is 1. The van der Waals surface area contributed by atoms with Crippen LogP contribution in [0.4, 0.5) is 0 Å². The first-order chi connectivity index (χ1) is 13.2. The minimum Gasteiger partial charge on any atom is -0.381 e. The van der Waals surface area contributed by atoms with Crippen molar-refractivity contribution in [2.45, 2.75) is 58.0 Å². The lowest BCUT2D eigenvalue weighted by molar-refractivity contribution is 0.0671. The molecular weight excluding hydrogens is 342 g/mol. The summed E-state index contributed by atoms with van der Waals surface area (Å²) in [6, 6.07) is 2.24. The van der Waals surface area contributed by atoms with Crippen LogP contribution in [-0.4, -0.2) is 56.4 Å². The molecular formula is C20H29N5O2. The van der Waals surface area contributed by atoms with Crippen molar-refractivity contribution in [1.82, 2.24) is 24.2 Å². The second-order valence-corrected chi connectivity index (χ2v) is 7.57. The van der Waals surface area contributed by atoms with Crippen LogP contribution in [0.15, 0.2) is 18.5 Å². The lowest BCUT2D eigenvalue weighted by atomic mass is 9.97. The maximum atomic E-state index is 12.8. The molecule has 7 nitrogen and oxygen atoms in total. The van der Waals surface area contributed by atoms with E-state index < -0.39 is 0 Å². The molecule has 0 aliphatic carbocycles. The molecule has 146 valence electrons. The van der Waals surface area contributed by atoms with Crippen LogP contribution in [0.5, 0.6) is 0 Å². The number of amides is 1. The molecule has 0 atom stereocenters. The molecule has 0 bridgehead atoms. The first kappa shape index (κ1) is 18.2. The number of likely N-dealkylation sites (tertiary alicyclic amines) is 1. The number of piperidine rings is 1. The predicted molar refractivity (Wildman–Crippen MR) is 102 cm³/mol. The van der Waals surface area contributed by atoms with E-state index in [1.807, 2.05) is 24.1 Å². The van der Waals surface area contributed by atoms with Gasteiger partial charge in [-0.1, -0.05) is 0 Å². The highest BCUT2D eigenvalue weighted by Gasteiger charge is 2.30. The Morgan fingerprint density at radius 3 is 2.67 bits per heavy atom. The van der Waals surface area contributed by atoms with Crippen molar-refractivity contribution in [3.8, 4) is 0 Å². The monoisotopic (exact) mass is 371 g/mol. The third kappa shape index (κ3) is 3.52. The lowest BCUT2D eigenvalue weighted by Gasteiger charge is -2.35. The molecule has 2 aromatic rings. The van der Waals surface area contributed by atoms with Gasteiger partial charge < -0.3 is 14.2 Å². The van der Waals surface area contributed by atoms with Gasteiger partial charge in [-0.3, -0.25) is 9.48 Å². The smallest absolute Gasteiger partial charge is 0.272 e. The average Bonchev–Trinajstić information content (AvgIpc) is 3.34. The summed E-state index contributed by atoms with van der Waals surface area (Å²) >= 11 is 0. The van der Waals surface area contributed by atoms with Crippen molar-refractivity contribution in [2.75, 3.05) is 26.3 Å². The van der Waals surface area contributed by atoms with Crippen LogP contribution in [0.25, 0.3) is 0 Å². The first-order valence-electron chi connectivity index (χ1n) is 10.1. The van der Waals surface area contributed by atoms with Gasteiger partial charge in [0, 0.05) is 62.9 Å². The highest BCUT2D eigenvalue weighted by molar-refractivity contribution is 5.92. The Morgan fingerprint density at radius 1 is 1.22 bits per heavy atom. The van der Waals surface area contributed by atoms with Gasteiger partial charge >= 0.3 is 0 Å². The minimum atomic E-state index is 0.0970. The van der Waals surface area contributed by atoms with Crippen LogP contribution in [0, 0.1) is 6.92 Å². The Labute approximate surface area is 160 Å². The topological polar surface area (TPSA) is 65.2 Å². The number of aromatic nitrogens is 4. The molecule has 27 heavy (non-hydrogen) atoms. The summed E-state index contributed by atoms with van der Waals surface area (Å²) < 4.78 is 9.73. The molecule has 2 fully saturated rings. The number of aryl methyl sites for hydroxylation is 2. The van der Waals surface area contributed by atoms with E-state index in [2.05, 4.69) is 16.6 Å². The van der Waals surface area contributed by atoms with Gasteiger partial charge in [0.1, 0.15) is 11.5 Å². The van der Waals surface area contributed by atoms with Gasteiger partial charge in [-0.2, -0.15) is 5.10 Å². The SMILES string of the molecule is CCn1nccc1C(=O)N1CCC(n2c(C)cnc2C2CCOCC2)CC1. The molecule has 0 aromatic carbocycles. The van der Waals surface area contributed by atoms with Gasteiger partial charge in [-0.05, 0) is 45.6 Å². The standard InChI is InChI=1S/C20H29N5O2/c1-3-24-18(4-9-22-24)20(26)23-10-5-17(6-11-23)25-15(2)14-21-19(25)16-7-12-27-13-8-16/h4,9,14,16-17H,3,5-8,10-13H2,1-2H3. The van der Waals surface area contributed by atoms with Crippen LogP contribution < -0.4 is 0 Å². The van der Waals surface area contributed by atoms with Crippen LogP contribution in [0.3, 0.4) is 0 Å². The maximum Gasteiger partial charge on any atom is 0.272 e. The number of imidazole rings is 1. The van der Waals surface area contributed by atoms with E-state index in [1.165, 1.54) is 11.5 Å². The van der Waals surface area contributed by atoms with Gasteiger partial charge in [0.05, 0.1) is 0 Å². The van der Waals surface area contributed by atoms with E-state index >= 15 is 0 Å². The van der Waals surface area contributed by atoms with E-state index in [9.17, 15) is 4.79 Å². The third-order valence-corrected chi connectivity index (χ3v) is 5.95. The van der Waals surface area contributed by atoms with Gasteiger partial charge in [0.25, 0.3) is 5.91 Å².